The summed E-state index contributed by atoms with van der Waals surface area (Å²) < 4.78 is 4.92. The van der Waals surface area contributed by atoms with Crippen LogP contribution in [0.2, 0.25) is 0 Å². The van der Waals surface area contributed by atoms with E-state index in [4.69, 9.17) is 10.00 Å². The number of carbonyl (C=O) groups is 2. The van der Waals surface area contributed by atoms with Crippen molar-refractivity contribution in [1.82, 2.24) is 9.88 Å². The number of rotatable bonds is 3. The Bertz CT molecular complexity index is 533. The lowest BCUT2D eigenvalue weighted by atomic mass is 10.1. The van der Waals surface area contributed by atoms with Gasteiger partial charge in [-0.25, -0.2) is 4.98 Å². The van der Waals surface area contributed by atoms with Crippen molar-refractivity contribution in [2.75, 3.05) is 13.7 Å². The Labute approximate surface area is 97.4 Å². The molecule has 6 nitrogen and oxygen atoms in total. The number of pyridine rings is 1. The molecular formula is C11H9N3O3. The molecule has 0 radical (unpaired) electrons. The Balaban J connectivity index is 2.40. The quantitative estimate of drug-likeness (QED) is 0.553. The highest BCUT2D eigenvalue weighted by Gasteiger charge is 2.36. The summed E-state index contributed by atoms with van der Waals surface area (Å²) in [4.78, 5) is 28.4. The summed E-state index contributed by atoms with van der Waals surface area (Å²) >= 11 is 0. The summed E-state index contributed by atoms with van der Waals surface area (Å²) in [5.74, 6) is -0.993. The number of hydrogen-bond donors (Lipinski definition) is 0. The third-order valence-electron chi connectivity index (χ3n) is 2.41. The predicted octanol–water partition coefficient (Wildman–Crippen LogP) is 0.348. The van der Waals surface area contributed by atoms with E-state index in [2.05, 4.69) is 4.98 Å². The molecule has 17 heavy (non-hydrogen) atoms. The summed E-state index contributed by atoms with van der Waals surface area (Å²) in [5, 5.41) is 8.54. The van der Waals surface area contributed by atoms with E-state index < -0.39 is 11.8 Å². The normalized spacial score (nSPS) is 13.8. The van der Waals surface area contributed by atoms with Crippen LogP contribution in [0.15, 0.2) is 12.3 Å². The molecule has 0 atom stereocenters. The number of fused-ring (bicyclic) bond motifs is 1. The van der Waals surface area contributed by atoms with Gasteiger partial charge in [-0.05, 0) is 11.6 Å². The van der Waals surface area contributed by atoms with Crippen molar-refractivity contribution in [2.45, 2.75) is 6.61 Å². The summed E-state index contributed by atoms with van der Waals surface area (Å²) in [5.41, 5.74) is 1.05. The smallest absolute Gasteiger partial charge is 0.281 e. The Morgan fingerprint density at radius 1 is 1.47 bits per heavy atom. The van der Waals surface area contributed by atoms with Crippen LogP contribution in [0.4, 0.5) is 0 Å². The first-order chi connectivity index (χ1) is 8.19. The van der Waals surface area contributed by atoms with E-state index in [9.17, 15) is 9.59 Å². The zero-order valence-corrected chi connectivity index (χ0v) is 9.14. The maximum absolute atomic E-state index is 11.8. The summed E-state index contributed by atoms with van der Waals surface area (Å²) in [6.45, 7) is 0.0631. The van der Waals surface area contributed by atoms with Gasteiger partial charge in [-0.15, -0.1) is 0 Å². The molecule has 2 amide bonds. The van der Waals surface area contributed by atoms with Gasteiger partial charge in [0.2, 0.25) is 0 Å². The van der Waals surface area contributed by atoms with E-state index in [1.54, 1.807) is 12.1 Å². The van der Waals surface area contributed by atoms with Gasteiger partial charge in [-0.3, -0.25) is 14.5 Å². The number of carbonyl (C=O) groups excluding carboxylic acids is 2. The second-order valence-electron chi connectivity index (χ2n) is 3.53. The molecule has 0 spiro atoms. The van der Waals surface area contributed by atoms with Crippen LogP contribution < -0.4 is 0 Å². The zero-order chi connectivity index (χ0) is 12.4. The molecule has 0 saturated heterocycles. The van der Waals surface area contributed by atoms with E-state index in [-0.39, 0.29) is 17.8 Å². The standard InChI is InChI=1S/C11H9N3O3/c1-17-6-7-4-8-9(13-5-7)11(16)14(3-2-12)10(8)15/h4-5H,3,6H2,1H3. The first-order valence-corrected chi connectivity index (χ1v) is 4.90. The van der Waals surface area contributed by atoms with Gasteiger partial charge in [-0.1, -0.05) is 0 Å². The van der Waals surface area contributed by atoms with Crippen LogP contribution in [0.3, 0.4) is 0 Å². The number of aromatic nitrogens is 1. The van der Waals surface area contributed by atoms with Crippen LogP contribution in [-0.4, -0.2) is 35.4 Å². The monoisotopic (exact) mass is 231 g/mol. The second kappa shape index (κ2) is 4.31. The molecule has 2 heterocycles. The van der Waals surface area contributed by atoms with Gasteiger partial charge in [0.1, 0.15) is 12.2 Å². The highest BCUT2D eigenvalue weighted by Crippen LogP contribution is 2.21. The lowest BCUT2D eigenvalue weighted by Gasteiger charge is -2.06. The molecule has 2 rings (SSSR count). The molecule has 0 N–H and O–H groups in total. The third kappa shape index (κ3) is 1.77. The average Bonchev–Trinajstić information content (AvgIpc) is 2.55. The minimum Gasteiger partial charge on any atom is -0.380 e. The van der Waals surface area contributed by atoms with Crippen molar-refractivity contribution in [3.05, 3.63) is 29.1 Å². The lowest BCUT2D eigenvalue weighted by molar-refractivity contribution is 0.0672. The van der Waals surface area contributed by atoms with Crippen LogP contribution in [-0.2, 0) is 11.3 Å². The van der Waals surface area contributed by atoms with Crippen LogP contribution in [0.1, 0.15) is 26.4 Å². The Morgan fingerprint density at radius 3 is 2.88 bits per heavy atom. The molecule has 0 fully saturated rings. The number of ether oxygens (including phenoxy) is 1. The number of imide groups is 1. The molecular weight excluding hydrogens is 222 g/mol. The van der Waals surface area contributed by atoms with Crippen molar-refractivity contribution in [2.24, 2.45) is 0 Å². The maximum Gasteiger partial charge on any atom is 0.281 e. The fraction of sp³-hybridized carbons (Fsp3) is 0.273. The van der Waals surface area contributed by atoms with Crippen LogP contribution in [0.25, 0.3) is 0 Å². The fourth-order valence-electron chi connectivity index (χ4n) is 1.67. The lowest BCUT2D eigenvalue weighted by Crippen LogP contribution is -2.30. The van der Waals surface area contributed by atoms with E-state index in [1.807, 2.05) is 0 Å². The molecule has 86 valence electrons. The van der Waals surface area contributed by atoms with Gasteiger partial charge in [0.25, 0.3) is 11.8 Å². The Morgan fingerprint density at radius 2 is 2.24 bits per heavy atom. The number of methoxy groups -OCH3 is 1. The molecule has 0 saturated carbocycles. The topological polar surface area (TPSA) is 83.3 Å². The number of hydrogen-bond acceptors (Lipinski definition) is 5. The minimum absolute atomic E-state index is 0.102. The minimum atomic E-state index is -0.518. The first-order valence-electron chi connectivity index (χ1n) is 4.90. The van der Waals surface area contributed by atoms with Crippen LogP contribution >= 0.6 is 0 Å². The molecule has 1 aliphatic heterocycles. The van der Waals surface area contributed by atoms with E-state index in [0.717, 1.165) is 4.90 Å². The van der Waals surface area contributed by atoms with Gasteiger partial charge in [-0.2, -0.15) is 5.26 Å². The summed E-state index contributed by atoms with van der Waals surface area (Å²) in [6.07, 6.45) is 1.49. The SMILES string of the molecule is COCc1cnc2c(c1)C(=O)N(CC#N)C2=O. The van der Waals surface area contributed by atoms with Crippen LogP contribution in [0.5, 0.6) is 0 Å². The van der Waals surface area contributed by atoms with Crippen molar-refractivity contribution in [3.8, 4) is 6.07 Å². The van der Waals surface area contributed by atoms with Crippen molar-refractivity contribution in [3.63, 3.8) is 0 Å². The molecule has 1 aromatic rings. The van der Waals surface area contributed by atoms with E-state index in [1.165, 1.54) is 13.3 Å². The number of amides is 2. The maximum atomic E-state index is 11.8. The molecule has 1 aromatic heterocycles. The van der Waals surface area contributed by atoms with Crippen molar-refractivity contribution >= 4 is 11.8 Å². The average molecular weight is 231 g/mol. The van der Waals surface area contributed by atoms with Gasteiger partial charge >= 0.3 is 0 Å². The fourth-order valence-corrected chi connectivity index (χ4v) is 1.67. The van der Waals surface area contributed by atoms with Crippen LogP contribution in [0, 0.1) is 11.3 Å². The van der Waals surface area contributed by atoms with E-state index >= 15 is 0 Å². The Kier molecular flexibility index (Phi) is 2.85. The highest BCUT2D eigenvalue weighted by molar-refractivity contribution is 6.20. The predicted molar refractivity (Wildman–Crippen MR) is 55.9 cm³/mol. The number of nitriles is 1. The molecule has 0 aromatic carbocycles. The van der Waals surface area contributed by atoms with Gasteiger partial charge in [0.15, 0.2) is 0 Å². The van der Waals surface area contributed by atoms with Gasteiger partial charge in [0.05, 0.1) is 18.2 Å². The molecule has 0 aliphatic carbocycles. The van der Waals surface area contributed by atoms with Gasteiger partial charge < -0.3 is 4.74 Å². The summed E-state index contributed by atoms with van der Waals surface area (Å²) in [7, 11) is 1.53. The molecule has 0 unspecified atom stereocenters. The van der Waals surface area contributed by atoms with Crippen molar-refractivity contribution < 1.29 is 14.3 Å². The summed E-state index contributed by atoms with van der Waals surface area (Å²) in [6, 6.07) is 3.35. The van der Waals surface area contributed by atoms with Gasteiger partial charge in [0, 0.05) is 13.3 Å². The third-order valence-corrected chi connectivity index (χ3v) is 2.41. The first kappa shape index (κ1) is 11.2. The van der Waals surface area contributed by atoms with Crippen molar-refractivity contribution in [1.29, 1.82) is 5.26 Å². The second-order valence-corrected chi connectivity index (χ2v) is 3.53. The highest BCUT2D eigenvalue weighted by atomic mass is 16.5. The molecule has 1 aliphatic rings. The zero-order valence-electron chi connectivity index (χ0n) is 9.14. The Hall–Kier alpha value is -2.26. The molecule has 0 bridgehead atoms. The van der Waals surface area contributed by atoms with E-state index in [0.29, 0.717) is 12.2 Å². The largest absolute Gasteiger partial charge is 0.380 e. The molecule has 6 heteroatoms. The number of nitrogens with zero attached hydrogens (tertiary/aromatic N) is 3.